The van der Waals surface area contributed by atoms with Crippen LogP contribution in [0.15, 0.2) is 49.6 Å². The van der Waals surface area contributed by atoms with Crippen molar-refractivity contribution in [3.63, 3.8) is 0 Å². The molecule has 5 nitrogen and oxygen atoms in total. The maximum absolute atomic E-state index is 12.3. The van der Waals surface area contributed by atoms with Crippen LogP contribution < -0.4 is 9.46 Å². The van der Waals surface area contributed by atoms with Crippen molar-refractivity contribution in [2.24, 2.45) is 0 Å². The summed E-state index contributed by atoms with van der Waals surface area (Å²) >= 11 is 5.96. The molecule has 0 aromatic heterocycles. The first-order valence-corrected chi connectivity index (χ1v) is 9.89. The summed E-state index contributed by atoms with van der Waals surface area (Å²) in [6.45, 7) is 7.53. The molecule has 0 atom stereocenters. The zero-order valence-corrected chi connectivity index (χ0v) is 15.7. The Labute approximate surface area is 158 Å². The molecule has 0 spiro atoms. The predicted octanol–water partition coefficient (Wildman–Crippen LogP) is 4.54. The standard InChI is InChI=1S/C19H20ClNO4S/c1-3-15-16(4-2)19(22)17(20)13-18(15)21-26(23,24)12-8-11-25-14-9-6-5-7-10-14/h3-7,9-10,13,21-22H,1-2,8,11-12H2. The van der Waals surface area contributed by atoms with Crippen molar-refractivity contribution in [3.05, 3.63) is 65.7 Å². The first-order valence-electron chi connectivity index (χ1n) is 7.86. The van der Waals surface area contributed by atoms with Crippen LogP contribution in [-0.4, -0.2) is 25.9 Å². The second-order valence-corrected chi connectivity index (χ2v) is 7.68. The lowest BCUT2D eigenvalue weighted by Gasteiger charge is -2.15. The molecule has 0 aliphatic carbocycles. The highest BCUT2D eigenvalue weighted by molar-refractivity contribution is 7.92. The number of rotatable bonds is 9. The fourth-order valence-electron chi connectivity index (χ4n) is 2.36. The van der Waals surface area contributed by atoms with Crippen molar-refractivity contribution in [2.45, 2.75) is 6.42 Å². The van der Waals surface area contributed by atoms with E-state index < -0.39 is 10.0 Å². The number of phenols is 1. The maximum Gasteiger partial charge on any atom is 0.232 e. The molecule has 0 heterocycles. The molecule has 0 aliphatic heterocycles. The lowest BCUT2D eigenvalue weighted by Crippen LogP contribution is -2.19. The van der Waals surface area contributed by atoms with Gasteiger partial charge in [-0.2, -0.15) is 0 Å². The summed E-state index contributed by atoms with van der Waals surface area (Å²) in [6, 6.07) is 10.5. The smallest absolute Gasteiger partial charge is 0.232 e. The van der Waals surface area contributed by atoms with Crippen LogP contribution in [0, 0.1) is 0 Å². The van der Waals surface area contributed by atoms with Gasteiger partial charge in [-0.3, -0.25) is 4.72 Å². The normalized spacial score (nSPS) is 11.0. The Bertz CT molecular complexity index is 896. The zero-order valence-electron chi connectivity index (χ0n) is 14.1. The molecule has 0 unspecified atom stereocenters. The van der Waals surface area contributed by atoms with Gasteiger partial charge in [0.2, 0.25) is 10.0 Å². The van der Waals surface area contributed by atoms with E-state index >= 15 is 0 Å². The number of halogens is 1. The fraction of sp³-hybridized carbons (Fsp3) is 0.158. The summed E-state index contributed by atoms with van der Waals surface area (Å²) in [5.41, 5.74) is 0.963. The highest BCUT2D eigenvalue weighted by Gasteiger charge is 2.17. The average Bonchev–Trinajstić information content (AvgIpc) is 2.62. The molecular formula is C19H20ClNO4S. The zero-order chi connectivity index (χ0) is 19.2. The summed E-state index contributed by atoms with van der Waals surface area (Å²) in [5, 5.41) is 9.99. The molecule has 0 saturated heterocycles. The van der Waals surface area contributed by atoms with Crippen molar-refractivity contribution < 1.29 is 18.3 Å². The van der Waals surface area contributed by atoms with E-state index in [0.717, 1.165) is 0 Å². The molecule has 0 amide bonds. The Morgan fingerprint density at radius 1 is 1.15 bits per heavy atom. The van der Waals surface area contributed by atoms with Crippen molar-refractivity contribution in [2.75, 3.05) is 17.1 Å². The highest BCUT2D eigenvalue weighted by Crippen LogP contribution is 2.37. The molecule has 2 aromatic rings. The van der Waals surface area contributed by atoms with Gasteiger partial charge < -0.3 is 9.84 Å². The summed E-state index contributed by atoms with van der Waals surface area (Å²) in [5.74, 6) is 0.390. The van der Waals surface area contributed by atoms with Gasteiger partial charge in [0.25, 0.3) is 0 Å². The number of anilines is 1. The van der Waals surface area contributed by atoms with Gasteiger partial charge in [0.15, 0.2) is 0 Å². The number of benzene rings is 2. The number of sulfonamides is 1. The van der Waals surface area contributed by atoms with Crippen LogP contribution in [0.1, 0.15) is 17.5 Å². The third kappa shape index (κ3) is 5.03. The van der Waals surface area contributed by atoms with Crippen LogP contribution in [0.2, 0.25) is 5.02 Å². The number of ether oxygens (including phenoxy) is 1. The summed E-state index contributed by atoms with van der Waals surface area (Å²) in [4.78, 5) is 0. The third-order valence-corrected chi connectivity index (χ3v) is 5.22. The van der Waals surface area contributed by atoms with Crippen molar-refractivity contribution in [3.8, 4) is 11.5 Å². The Morgan fingerprint density at radius 3 is 2.42 bits per heavy atom. The quantitative estimate of drug-likeness (QED) is 0.484. The van der Waals surface area contributed by atoms with E-state index in [1.54, 1.807) is 12.1 Å². The first kappa shape index (κ1) is 19.9. The van der Waals surface area contributed by atoms with E-state index in [4.69, 9.17) is 16.3 Å². The van der Waals surface area contributed by atoms with E-state index in [9.17, 15) is 13.5 Å². The number of nitrogens with one attached hydrogen (secondary N) is 1. The van der Waals surface area contributed by atoms with E-state index in [2.05, 4.69) is 17.9 Å². The minimum atomic E-state index is -3.63. The molecule has 0 fully saturated rings. The van der Waals surface area contributed by atoms with Gasteiger partial charge in [0.05, 0.1) is 23.1 Å². The van der Waals surface area contributed by atoms with Gasteiger partial charge in [0, 0.05) is 11.1 Å². The van der Waals surface area contributed by atoms with Crippen molar-refractivity contribution in [1.29, 1.82) is 0 Å². The monoisotopic (exact) mass is 393 g/mol. The van der Waals surface area contributed by atoms with E-state index in [-0.39, 0.29) is 28.8 Å². The molecule has 2 N–H and O–H groups in total. The number of para-hydroxylation sites is 1. The Hall–Kier alpha value is -2.44. The number of hydrogen-bond acceptors (Lipinski definition) is 4. The van der Waals surface area contributed by atoms with Crippen LogP contribution in [0.5, 0.6) is 11.5 Å². The molecule has 2 rings (SSSR count). The van der Waals surface area contributed by atoms with Crippen LogP contribution in [-0.2, 0) is 10.0 Å². The largest absolute Gasteiger partial charge is 0.506 e. The molecule has 26 heavy (non-hydrogen) atoms. The summed E-state index contributed by atoms with van der Waals surface area (Å²) in [7, 11) is -3.63. The molecule has 2 aromatic carbocycles. The molecule has 7 heteroatoms. The Balaban J connectivity index is 2.06. The Morgan fingerprint density at radius 2 is 1.81 bits per heavy atom. The SMILES string of the molecule is C=Cc1c(NS(=O)(=O)CCCOc2ccccc2)cc(Cl)c(O)c1C=C. The van der Waals surface area contributed by atoms with Crippen LogP contribution in [0.4, 0.5) is 5.69 Å². The van der Waals surface area contributed by atoms with Gasteiger partial charge in [0.1, 0.15) is 11.5 Å². The molecule has 0 bridgehead atoms. The van der Waals surface area contributed by atoms with Crippen molar-refractivity contribution in [1.82, 2.24) is 0 Å². The molecule has 0 radical (unpaired) electrons. The molecule has 0 saturated carbocycles. The topological polar surface area (TPSA) is 75.6 Å². The van der Waals surface area contributed by atoms with Crippen LogP contribution in [0.3, 0.4) is 0 Å². The average molecular weight is 394 g/mol. The van der Waals surface area contributed by atoms with Gasteiger partial charge in [-0.15, -0.1) is 0 Å². The second kappa shape index (κ2) is 8.78. The number of aromatic hydroxyl groups is 1. The first-order chi connectivity index (χ1) is 12.4. The molecule has 138 valence electrons. The third-order valence-electron chi connectivity index (χ3n) is 3.58. The predicted molar refractivity (Wildman–Crippen MR) is 107 cm³/mol. The number of hydrogen-bond donors (Lipinski definition) is 2. The fourth-order valence-corrected chi connectivity index (χ4v) is 3.67. The lowest BCUT2D eigenvalue weighted by atomic mass is 10.0. The summed E-state index contributed by atoms with van der Waals surface area (Å²) in [6.07, 6.45) is 3.14. The van der Waals surface area contributed by atoms with Gasteiger partial charge in [-0.25, -0.2) is 8.42 Å². The maximum atomic E-state index is 12.3. The van der Waals surface area contributed by atoms with E-state index in [0.29, 0.717) is 23.3 Å². The van der Waals surface area contributed by atoms with Gasteiger partial charge in [-0.05, 0) is 24.6 Å². The minimum Gasteiger partial charge on any atom is -0.506 e. The summed E-state index contributed by atoms with van der Waals surface area (Å²) < 4.78 is 32.7. The number of phenolic OH excluding ortho intramolecular Hbond substituents is 1. The minimum absolute atomic E-state index is 0.0237. The van der Waals surface area contributed by atoms with Crippen LogP contribution >= 0.6 is 11.6 Å². The van der Waals surface area contributed by atoms with Crippen molar-refractivity contribution >= 4 is 39.5 Å². The van der Waals surface area contributed by atoms with E-state index in [1.807, 2.05) is 18.2 Å². The van der Waals surface area contributed by atoms with Gasteiger partial charge >= 0.3 is 0 Å². The van der Waals surface area contributed by atoms with Gasteiger partial charge in [-0.1, -0.05) is 55.1 Å². The lowest BCUT2D eigenvalue weighted by molar-refractivity contribution is 0.318. The highest BCUT2D eigenvalue weighted by atomic mass is 35.5. The van der Waals surface area contributed by atoms with E-state index in [1.165, 1.54) is 18.2 Å². The molecule has 0 aliphatic rings. The molecular weight excluding hydrogens is 374 g/mol. The Kier molecular flexibility index (Phi) is 6.71. The second-order valence-electron chi connectivity index (χ2n) is 5.43. The van der Waals surface area contributed by atoms with Crippen LogP contribution in [0.25, 0.3) is 12.2 Å².